The van der Waals surface area contributed by atoms with E-state index in [2.05, 4.69) is 9.97 Å². The highest BCUT2D eigenvalue weighted by atomic mass is 35.5. The van der Waals surface area contributed by atoms with E-state index < -0.39 is 17.9 Å². The first-order valence-corrected chi connectivity index (χ1v) is 5.36. The van der Waals surface area contributed by atoms with Gasteiger partial charge in [0.1, 0.15) is 6.67 Å². The highest BCUT2D eigenvalue weighted by molar-refractivity contribution is 6.18. The third-order valence-corrected chi connectivity index (χ3v) is 2.26. The Balaban J connectivity index is 2.76. The van der Waals surface area contributed by atoms with Crippen LogP contribution in [0, 0.1) is 0 Å². The Bertz CT molecular complexity index is 425. The number of H-pyrrole nitrogens is 2. The molecule has 0 aliphatic carbocycles. The lowest BCUT2D eigenvalue weighted by Crippen LogP contribution is -2.32. The Morgan fingerprint density at radius 3 is 2.69 bits per heavy atom. The molecule has 90 valence electrons. The van der Waals surface area contributed by atoms with E-state index in [9.17, 15) is 14.0 Å². The number of nitrogens with zero attached hydrogens (tertiary/aromatic N) is 1. The van der Waals surface area contributed by atoms with Crippen molar-refractivity contribution in [2.45, 2.75) is 6.54 Å². The summed E-state index contributed by atoms with van der Waals surface area (Å²) in [5, 5.41) is 0. The van der Waals surface area contributed by atoms with Crippen LogP contribution in [-0.4, -0.2) is 40.5 Å². The number of aromatic amines is 2. The van der Waals surface area contributed by atoms with Crippen LogP contribution in [0.25, 0.3) is 0 Å². The quantitative estimate of drug-likeness (QED) is 0.702. The standard InChI is InChI=1S/C9H13ClFN3O2/c10-1-3-14(4-2-11)6-7-5-12-9(16)13-8(7)15/h5H,1-4,6H2,(H2,12,13,15,16). The molecule has 16 heavy (non-hydrogen) atoms. The molecule has 1 heterocycles. The van der Waals surface area contributed by atoms with Gasteiger partial charge in [0.25, 0.3) is 5.56 Å². The van der Waals surface area contributed by atoms with Crippen LogP contribution in [0.5, 0.6) is 0 Å². The van der Waals surface area contributed by atoms with E-state index in [0.717, 1.165) is 0 Å². The van der Waals surface area contributed by atoms with Gasteiger partial charge in [0, 0.05) is 37.3 Å². The minimum Gasteiger partial charge on any atom is -0.314 e. The smallest absolute Gasteiger partial charge is 0.314 e. The molecular formula is C9H13ClFN3O2. The third-order valence-electron chi connectivity index (χ3n) is 2.09. The Hall–Kier alpha value is -1.14. The van der Waals surface area contributed by atoms with Gasteiger partial charge in [-0.2, -0.15) is 0 Å². The van der Waals surface area contributed by atoms with Crippen molar-refractivity contribution in [3.63, 3.8) is 0 Å². The first kappa shape index (κ1) is 12.9. The molecule has 0 aromatic carbocycles. The third kappa shape index (κ3) is 3.79. The minimum atomic E-state index is -0.553. The molecule has 2 N–H and O–H groups in total. The molecule has 7 heteroatoms. The largest absolute Gasteiger partial charge is 0.325 e. The maximum Gasteiger partial charge on any atom is 0.325 e. The van der Waals surface area contributed by atoms with Gasteiger partial charge >= 0.3 is 5.69 Å². The second kappa shape index (κ2) is 6.44. The van der Waals surface area contributed by atoms with Crippen LogP contribution in [0.4, 0.5) is 4.39 Å². The molecule has 1 rings (SSSR count). The minimum absolute atomic E-state index is 0.214. The molecule has 0 amide bonds. The Morgan fingerprint density at radius 1 is 1.38 bits per heavy atom. The van der Waals surface area contributed by atoms with Crippen molar-refractivity contribution in [3.8, 4) is 0 Å². The first-order valence-electron chi connectivity index (χ1n) is 4.82. The van der Waals surface area contributed by atoms with Gasteiger partial charge in [0.05, 0.1) is 0 Å². The molecular weight excluding hydrogens is 237 g/mol. The molecule has 0 atom stereocenters. The van der Waals surface area contributed by atoms with Gasteiger partial charge in [-0.15, -0.1) is 11.6 Å². The number of aromatic nitrogens is 2. The van der Waals surface area contributed by atoms with Crippen molar-refractivity contribution >= 4 is 11.6 Å². The average Bonchev–Trinajstić information content (AvgIpc) is 2.23. The van der Waals surface area contributed by atoms with Gasteiger partial charge in [-0.05, 0) is 0 Å². The van der Waals surface area contributed by atoms with E-state index in [1.165, 1.54) is 6.20 Å². The van der Waals surface area contributed by atoms with Crippen molar-refractivity contribution in [1.82, 2.24) is 14.9 Å². The maximum absolute atomic E-state index is 12.2. The highest BCUT2D eigenvalue weighted by Gasteiger charge is 2.08. The lowest BCUT2D eigenvalue weighted by molar-refractivity contribution is 0.252. The molecule has 0 saturated heterocycles. The zero-order chi connectivity index (χ0) is 12.0. The van der Waals surface area contributed by atoms with Gasteiger partial charge in [-0.25, -0.2) is 9.18 Å². The number of halogens is 2. The van der Waals surface area contributed by atoms with E-state index in [1.807, 2.05) is 0 Å². The molecule has 1 aromatic heterocycles. The van der Waals surface area contributed by atoms with Crippen LogP contribution in [0.1, 0.15) is 5.56 Å². The topological polar surface area (TPSA) is 69.0 Å². The SMILES string of the molecule is O=c1[nH]cc(CN(CCF)CCCl)c(=O)[nH]1. The highest BCUT2D eigenvalue weighted by Crippen LogP contribution is 1.98. The fourth-order valence-corrected chi connectivity index (χ4v) is 1.54. The number of nitrogens with one attached hydrogen (secondary N) is 2. The summed E-state index contributed by atoms with van der Waals surface area (Å²) >= 11 is 5.56. The molecule has 0 radical (unpaired) electrons. The summed E-state index contributed by atoms with van der Waals surface area (Å²) in [6.07, 6.45) is 1.33. The van der Waals surface area contributed by atoms with Crippen LogP contribution >= 0.6 is 11.6 Å². The number of alkyl halides is 2. The zero-order valence-electron chi connectivity index (χ0n) is 8.63. The summed E-state index contributed by atoms with van der Waals surface area (Å²) < 4.78 is 12.2. The van der Waals surface area contributed by atoms with Crippen LogP contribution in [0.2, 0.25) is 0 Å². The fourth-order valence-electron chi connectivity index (χ4n) is 1.30. The molecule has 0 saturated carbocycles. The summed E-state index contributed by atoms with van der Waals surface area (Å²) in [7, 11) is 0. The molecule has 0 fully saturated rings. The van der Waals surface area contributed by atoms with E-state index in [4.69, 9.17) is 11.6 Å². The van der Waals surface area contributed by atoms with Crippen molar-refractivity contribution in [3.05, 3.63) is 32.6 Å². The van der Waals surface area contributed by atoms with Crippen molar-refractivity contribution in [2.75, 3.05) is 25.6 Å². The molecule has 0 aliphatic rings. The summed E-state index contributed by atoms with van der Waals surface area (Å²) in [5.74, 6) is 0.362. The van der Waals surface area contributed by atoms with E-state index in [1.54, 1.807) is 4.90 Å². The Kier molecular flexibility index (Phi) is 5.21. The number of rotatable bonds is 6. The lowest BCUT2D eigenvalue weighted by atomic mass is 10.3. The predicted octanol–water partition coefficient (Wildman–Crippen LogP) is 0.0735. The molecule has 0 spiro atoms. The van der Waals surface area contributed by atoms with E-state index in [0.29, 0.717) is 18.0 Å². The lowest BCUT2D eigenvalue weighted by Gasteiger charge is -2.18. The van der Waals surface area contributed by atoms with Gasteiger partial charge in [0.15, 0.2) is 0 Å². The van der Waals surface area contributed by atoms with Crippen molar-refractivity contribution in [2.24, 2.45) is 0 Å². The second-order valence-corrected chi connectivity index (χ2v) is 3.63. The molecule has 0 aliphatic heterocycles. The molecule has 0 unspecified atom stereocenters. The predicted molar refractivity (Wildman–Crippen MR) is 59.7 cm³/mol. The number of hydrogen-bond acceptors (Lipinski definition) is 3. The molecule has 0 bridgehead atoms. The van der Waals surface area contributed by atoms with Crippen LogP contribution in [0.15, 0.2) is 15.8 Å². The number of hydrogen-bond donors (Lipinski definition) is 2. The average molecular weight is 250 g/mol. The normalized spacial score (nSPS) is 10.9. The Morgan fingerprint density at radius 2 is 2.12 bits per heavy atom. The second-order valence-electron chi connectivity index (χ2n) is 3.25. The van der Waals surface area contributed by atoms with Gasteiger partial charge in [-0.1, -0.05) is 0 Å². The van der Waals surface area contributed by atoms with E-state index in [-0.39, 0.29) is 13.1 Å². The maximum atomic E-state index is 12.2. The molecule has 1 aromatic rings. The van der Waals surface area contributed by atoms with Crippen LogP contribution in [-0.2, 0) is 6.54 Å². The van der Waals surface area contributed by atoms with Gasteiger partial charge in [-0.3, -0.25) is 14.7 Å². The summed E-state index contributed by atoms with van der Waals surface area (Å²) in [4.78, 5) is 28.3. The van der Waals surface area contributed by atoms with Gasteiger partial charge < -0.3 is 4.98 Å². The van der Waals surface area contributed by atoms with E-state index >= 15 is 0 Å². The zero-order valence-corrected chi connectivity index (χ0v) is 9.39. The monoisotopic (exact) mass is 249 g/mol. The fraction of sp³-hybridized carbons (Fsp3) is 0.556. The summed E-state index contributed by atoms with van der Waals surface area (Å²) in [6.45, 7) is 0.468. The summed E-state index contributed by atoms with van der Waals surface area (Å²) in [5.41, 5.74) is -0.622. The first-order chi connectivity index (χ1) is 7.67. The van der Waals surface area contributed by atoms with Gasteiger partial charge in [0.2, 0.25) is 0 Å². The van der Waals surface area contributed by atoms with Crippen molar-refractivity contribution < 1.29 is 4.39 Å². The summed E-state index contributed by atoms with van der Waals surface area (Å²) in [6, 6.07) is 0. The Labute approximate surface area is 96.2 Å². The van der Waals surface area contributed by atoms with Crippen LogP contribution < -0.4 is 11.2 Å². The van der Waals surface area contributed by atoms with Crippen LogP contribution in [0.3, 0.4) is 0 Å². The van der Waals surface area contributed by atoms with Crippen molar-refractivity contribution in [1.29, 1.82) is 0 Å². The molecule has 5 nitrogen and oxygen atoms in total.